The fraction of sp³-hybridized carbons (Fsp3) is 0.550. The molecule has 3 atom stereocenters. The highest BCUT2D eigenvalue weighted by molar-refractivity contribution is 14.0. The van der Waals surface area contributed by atoms with Gasteiger partial charge in [-0.3, -0.25) is 4.99 Å². The van der Waals surface area contributed by atoms with Crippen molar-refractivity contribution in [3.05, 3.63) is 35.4 Å². The normalized spacial score (nSPS) is 25.5. The second-order valence-corrected chi connectivity index (χ2v) is 7.49. The number of guanidine groups is 1. The van der Waals surface area contributed by atoms with Gasteiger partial charge in [0.05, 0.1) is 18.2 Å². The number of nitrogens with zero attached hydrogens (tertiary/aromatic N) is 1. The quantitative estimate of drug-likeness (QED) is 0.278. The molecule has 1 saturated carbocycles. The van der Waals surface area contributed by atoms with Crippen LogP contribution < -0.4 is 10.6 Å². The molecule has 4 nitrogen and oxygen atoms in total. The SMILES string of the molecule is CN=C(NCC#Cc1cccc(C(F)(F)F)c1)NC1C2CCOC2C1(C)C.I. The molecule has 2 fully saturated rings. The molecule has 0 bridgehead atoms. The number of rotatable bonds is 2. The van der Waals surface area contributed by atoms with Crippen LogP contribution in [0.1, 0.15) is 31.4 Å². The van der Waals surface area contributed by atoms with Crippen molar-refractivity contribution in [2.75, 3.05) is 20.2 Å². The summed E-state index contributed by atoms with van der Waals surface area (Å²) in [5, 5.41) is 6.54. The van der Waals surface area contributed by atoms with E-state index in [1.54, 1.807) is 13.1 Å². The van der Waals surface area contributed by atoms with Gasteiger partial charge < -0.3 is 15.4 Å². The molecule has 28 heavy (non-hydrogen) atoms. The minimum atomic E-state index is -4.36. The molecule has 0 amide bonds. The third-order valence-corrected chi connectivity index (χ3v) is 5.38. The molecule has 3 unspecified atom stereocenters. The van der Waals surface area contributed by atoms with Gasteiger partial charge in [-0.1, -0.05) is 31.8 Å². The zero-order valence-corrected chi connectivity index (χ0v) is 18.4. The number of aliphatic imine (C=N–C) groups is 1. The first-order valence-electron chi connectivity index (χ1n) is 8.98. The van der Waals surface area contributed by atoms with Gasteiger partial charge in [-0.25, -0.2) is 0 Å². The topological polar surface area (TPSA) is 45.7 Å². The first-order chi connectivity index (χ1) is 12.7. The number of halogens is 4. The molecule has 154 valence electrons. The standard InChI is InChI=1S/C20H24F3N3O.HI/c1-19(2)16(15-9-11-27-17(15)19)26-18(24-3)25-10-5-7-13-6-4-8-14(12-13)20(21,22)23;/h4,6,8,12,15-17H,9-11H2,1-3H3,(H2,24,25,26);1H. The molecule has 1 aliphatic heterocycles. The van der Waals surface area contributed by atoms with E-state index in [2.05, 4.69) is 41.3 Å². The molecule has 1 aliphatic carbocycles. The van der Waals surface area contributed by atoms with Crippen LogP contribution in [0.2, 0.25) is 0 Å². The van der Waals surface area contributed by atoms with Crippen LogP contribution in [0, 0.1) is 23.2 Å². The number of hydrogen-bond acceptors (Lipinski definition) is 2. The predicted octanol–water partition coefficient (Wildman–Crippen LogP) is 3.65. The van der Waals surface area contributed by atoms with Crippen molar-refractivity contribution in [3.63, 3.8) is 0 Å². The third kappa shape index (κ3) is 4.74. The number of nitrogens with one attached hydrogen (secondary N) is 2. The lowest BCUT2D eigenvalue weighted by molar-refractivity contribution is -0.137. The summed E-state index contributed by atoms with van der Waals surface area (Å²) >= 11 is 0. The van der Waals surface area contributed by atoms with Gasteiger partial charge >= 0.3 is 6.18 Å². The fourth-order valence-electron chi connectivity index (χ4n) is 4.01. The lowest BCUT2D eigenvalue weighted by Crippen LogP contribution is -2.67. The maximum absolute atomic E-state index is 12.7. The summed E-state index contributed by atoms with van der Waals surface area (Å²) in [6, 6.07) is 5.28. The van der Waals surface area contributed by atoms with E-state index in [-0.39, 0.29) is 48.1 Å². The smallest absolute Gasteiger partial charge is 0.377 e. The molecule has 1 aromatic rings. The van der Waals surface area contributed by atoms with Gasteiger partial charge in [0.2, 0.25) is 0 Å². The van der Waals surface area contributed by atoms with Crippen LogP contribution >= 0.6 is 24.0 Å². The highest BCUT2D eigenvalue weighted by Gasteiger charge is 2.59. The van der Waals surface area contributed by atoms with Crippen LogP contribution in [-0.2, 0) is 10.9 Å². The van der Waals surface area contributed by atoms with Gasteiger partial charge in [-0.15, -0.1) is 24.0 Å². The predicted molar refractivity (Wildman–Crippen MR) is 114 cm³/mol. The monoisotopic (exact) mass is 507 g/mol. The third-order valence-electron chi connectivity index (χ3n) is 5.38. The van der Waals surface area contributed by atoms with Crippen LogP contribution in [0.5, 0.6) is 0 Å². The molecule has 3 rings (SSSR count). The Morgan fingerprint density at radius 3 is 2.79 bits per heavy atom. The molecule has 0 radical (unpaired) electrons. The van der Waals surface area contributed by atoms with Crippen LogP contribution in [0.15, 0.2) is 29.3 Å². The van der Waals surface area contributed by atoms with E-state index in [1.807, 2.05) is 0 Å². The maximum atomic E-state index is 12.7. The van der Waals surface area contributed by atoms with E-state index in [9.17, 15) is 13.2 Å². The molecule has 1 heterocycles. The fourth-order valence-corrected chi connectivity index (χ4v) is 4.01. The highest BCUT2D eigenvalue weighted by atomic mass is 127. The van der Waals surface area contributed by atoms with Gasteiger partial charge in [0, 0.05) is 36.6 Å². The number of alkyl halides is 3. The Hall–Kier alpha value is -1.47. The van der Waals surface area contributed by atoms with Crippen molar-refractivity contribution >= 4 is 29.9 Å². The van der Waals surface area contributed by atoms with Crippen LogP contribution in [0.3, 0.4) is 0 Å². The maximum Gasteiger partial charge on any atom is 0.416 e. The molecule has 1 saturated heterocycles. The average Bonchev–Trinajstić information content (AvgIpc) is 3.08. The van der Waals surface area contributed by atoms with Crippen molar-refractivity contribution < 1.29 is 17.9 Å². The Morgan fingerprint density at radius 2 is 2.11 bits per heavy atom. The van der Waals surface area contributed by atoms with Crippen LogP contribution in [0.25, 0.3) is 0 Å². The summed E-state index contributed by atoms with van der Waals surface area (Å²) in [6.07, 6.45) is -3.04. The van der Waals surface area contributed by atoms with Gasteiger partial charge in [0.15, 0.2) is 5.96 Å². The van der Waals surface area contributed by atoms with Crippen LogP contribution in [-0.4, -0.2) is 38.3 Å². The minimum Gasteiger partial charge on any atom is -0.377 e. The summed E-state index contributed by atoms with van der Waals surface area (Å²) in [5.41, 5.74) is -0.330. The van der Waals surface area contributed by atoms with Crippen molar-refractivity contribution in [1.29, 1.82) is 0 Å². The van der Waals surface area contributed by atoms with Gasteiger partial charge in [-0.2, -0.15) is 13.2 Å². The van der Waals surface area contributed by atoms with Crippen molar-refractivity contribution in [2.45, 2.75) is 38.6 Å². The van der Waals surface area contributed by atoms with Crippen molar-refractivity contribution in [1.82, 2.24) is 10.6 Å². The van der Waals surface area contributed by atoms with Gasteiger partial charge in [0.1, 0.15) is 0 Å². The van der Waals surface area contributed by atoms with E-state index in [0.717, 1.165) is 25.2 Å². The number of hydrogen-bond donors (Lipinski definition) is 2. The molecular weight excluding hydrogens is 482 g/mol. The van der Waals surface area contributed by atoms with Gasteiger partial charge in [0.25, 0.3) is 0 Å². The second kappa shape index (κ2) is 8.91. The number of ether oxygens (including phenoxy) is 1. The Balaban J connectivity index is 0.00000280. The first kappa shape index (κ1) is 22.8. The molecule has 8 heteroatoms. The van der Waals surface area contributed by atoms with E-state index >= 15 is 0 Å². The average molecular weight is 507 g/mol. The van der Waals surface area contributed by atoms with Crippen molar-refractivity contribution in [3.8, 4) is 11.8 Å². The van der Waals surface area contributed by atoms with Gasteiger partial charge in [-0.05, 0) is 24.6 Å². The van der Waals surface area contributed by atoms with E-state index in [4.69, 9.17) is 4.74 Å². The van der Waals surface area contributed by atoms with E-state index < -0.39 is 11.7 Å². The zero-order valence-electron chi connectivity index (χ0n) is 16.1. The Labute approximate surface area is 180 Å². The second-order valence-electron chi connectivity index (χ2n) is 7.49. The summed E-state index contributed by atoms with van der Waals surface area (Å²) in [6.45, 7) is 5.44. The molecule has 0 spiro atoms. The highest BCUT2D eigenvalue weighted by Crippen LogP contribution is 2.52. The molecular formula is C20H25F3IN3O. The van der Waals surface area contributed by atoms with E-state index in [1.165, 1.54) is 6.07 Å². The Bertz CT molecular complexity index is 783. The lowest BCUT2D eigenvalue weighted by atomic mass is 9.57. The largest absolute Gasteiger partial charge is 0.416 e. The summed E-state index contributed by atoms with van der Waals surface area (Å²) in [7, 11) is 1.68. The molecule has 0 aromatic heterocycles. The van der Waals surface area contributed by atoms with Crippen LogP contribution in [0.4, 0.5) is 13.2 Å². The molecule has 2 N–H and O–H groups in total. The molecule has 1 aromatic carbocycles. The summed E-state index contributed by atoms with van der Waals surface area (Å²) < 4.78 is 44.0. The zero-order chi connectivity index (χ0) is 19.7. The van der Waals surface area contributed by atoms with Crippen molar-refractivity contribution in [2.24, 2.45) is 16.3 Å². The summed E-state index contributed by atoms with van der Waals surface area (Å²) in [5.74, 6) is 6.72. The number of benzene rings is 1. The Kier molecular flexibility index (Phi) is 7.26. The Morgan fingerprint density at radius 1 is 1.36 bits per heavy atom. The minimum absolute atomic E-state index is 0. The molecule has 2 aliphatic rings. The lowest BCUT2D eigenvalue weighted by Gasteiger charge is -2.54. The van der Waals surface area contributed by atoms with E-state index in [0.29, 0.717) is 17.4 Å². The summed E-state index contributed by atoms with van der Waals surface area (Å²) in [4.78, 5) is 4.22. The first-order valence-corrected chi connectivity index (χ1v) is 8.98. The number of fused-ring (bicyclic) bond motifs is 1.